The second-order valence-electron chi connectivity index (χ2n) is 8.26. The molecule has 3 rings (SSSR count). The molecule has 31 heavy (non-hydrogen) atoms. The molecule has 2 aromatic carbocycles. The van der Waals surface area contributed by atoms with Gasteiger partial charge in [-0.2, -0.15) is 0 Å². The van der Waals surface area contributed by atoms with Crippen LogP contribution in [0.15, 0.2) is 47.5 Å². The molecule has 0 bridgehead atoms. The minimum atomic E-state index is 0.217. The van der Waals surface area contributed by atoms with Gasteiger partial charge in [0.2, 0.25) is 0 Å². The number of nitrogen functional groups attached to an aromatic ring is 2. The van der Waals surface area contributed by atoms with E-state index < -0.39 is 0 Å². The predicted molar refractivity (Wildman–Crippen MR) is 134 cm³/mol. The zero-order valence-corrected chi connectivity index (χ0v) is 19.5. The van der Waals surface area contributed by atoms with Gasteiger partial charge in [-0.15, -0.1) is 0 Å². The van der Waals surface area contributed by atoms with Crippen molar-refractivity contribution in [3.05, 3.63) is 69.8 Å². The average Bonchev–Trinajstić information content (AvgIpc) is 2.77. The number of allylic oxidation sites excluding steroid dienone is 4. The first-order valence-corrected chi connectivity index (χ1v) is 11.7. The lowest BCUT2D eigenvalue weighted by Crippen LogP contribution is -2.17. The molecule has 3 nitrogen and oxygen atoms in total. The molecule has 3 heteroatoms. The van der Waals surface area contributed by atoms with Gasteiger partial charge in [0.25, 0.3) is 0 Å². The molecule has 0 atom stereocenters. The van der Waals surface area contributed by atoms with Crippen LogP contribution < -0.4 is 11.5 Å². The van der Waals surface area contributed by atoms with E-state index in [4.69, 9.17) is 11.5 Å². The molecule has 1 aliphatic rings. The number of benzene rings is 2. The van der Waals surface area contributed by atoms with Gasteiger partial charge in [-0.1, -0.05) is 52.0 Å². The van der Waals surface area contributed by atoms with E-state index in [1.807, 2.05) is 24.3 Å². The Morgan fingerprint density at radius 3 is 1.52 bits per heavy atom. The minimum Gasteiger partial charge on any atom is -0.398 e. The van der Waals surface area contributed by atoms with Crippen LogP contribution in [0, 0.1) is 0 Å². The number of ketones is 1. The minimum absolute atomic E-state index is 0.217. The SMILES string of the molecule is CCC(=C1CCCC(=C(CC)c2cccc(N)c2CC)C1=O)c1cccc(N)c1CC. The first-order chi connectivity index (χ1) is 15.0. The number of Topliss-reactive ketones (excluding diaryl/α,β-unsaturated/α-hetero) is 1. The van der Waals surface area contributed by atoms with Crippen molar-refractivity contribution in [2.75, 3.05) is 11.5 Å². The monoisotopic (exact) mass is 416 g/mol. The van der Waals surface area contributed by atoms with Gasteiger partial charge >= 0.3 is 0 Å². The number of carbonyl (C=O) groups is 1. The van der Waals surface area contributed by atoms with Crippen molar-refractivity contribution in [1.29, 1.82) is 0 Å². The van der Waals surface area contributed by atoms with Crippen LogP contribution in [0.3, 0.4) is 0 Å². The number of carbonyl (C=O) groups excluding carboxylic acids is 1. The Balaban J connectivity index is 2.20. The van der Waals surface area contributed by atoms with Crippen LogP contribution in [0.2, 0.25) is 0 Å². The van der Waals surface area contributed by atoms with Crippen molar-refractivity contribution >= 4 is 28.3 Å². The maximum absolute atomic E-state index is 13.9. The highest BCUT2D eigenvalue weighted by molar-refractivity contribution is 6.17. The van der Waals surface area contributed by atoms with E-state index in [1.165, 1.54) is 0 Å². The molecular formula is C28H36N2O. The van der Waals surface area contributed by atoms with Gasteiger partial charge in [-0.05, 0) is 90.5 Å². The Hall–Kier alpha value is -2.81. The Morgan fingerprint density at radius 2 is 1.16 bits per heavy atom. The van der Waals surface area contributed by atoms with Crippen LogP contribution in [0.1, 0.15) is 82.1 Å². The van der Waals surface area contributed by atoms with Gasteiger partial charge in [0, 0.05) is 22.5 Å². The molecule has 0 saturated heterocycles. The first-order valence-electron chi connectivity index (χ1n) is 11.7. The van der Waals surface area contributed by atoms with E-state index >= 15 is 0 Å². The fourth-order valence-electron chi connectivity index (χ4n) is 5.12. The highest BCUT2D eigenvalue weighted by Gasteiger charge is 2.27. The predicted octanol–water partition coefficient (Wildman–Crippen LogP) is 6.76. The van der Waals surface area contributed by atoms with Gasteiger partial charge in [0.05, 0.1) is 0 Å². The van der Waals surface area contributed by atoms with Crippen LogP contribution in [0.4, 0.5) is 11.4 Å². The Kier molecular flexibility index (Phi) is 7.37. The Labute approximate surface area is 187 Å². The van der Waals surface area contributed by atoms with Crippen molar-refractivity contribution in [1.82, 2.24) is 0 Å². The third-order valence-electron chi connectivity index (χ3n) is 6.62. The summed E-state index contributed by atoms with van der Waals surface area (Å²) in [6, 6.07) is 12.2. The quantitative estimate of drug-likeness (QED) is 0.404. The molecule has 4 N–H and O–H groups in total. The first kappa shape index (κ1) is 22.9. The summed E-state index contributed by atoms with van der Waals surface area (Å²) in [6.45, 7) is 8.54. The second kappa shape index (κ2) is 10.00. The highest BCUT2D eigenvalue weighted by Crippen LogP contribution is 2.39. The van der Waals surface area contributed by atoms with Crippen molar-refractivity contribution in [2.45, 2.75) is 72.6 Å². The van der Waals surface area contributed by atoms with E-state index in [2.05, 4.69) is 39.8 Å². The van der Waals surface area contributed by atoms with E-state index in [0.717, 1.165) is 101 Å². The Morgan fingerprint density at radius 1 is 0.742 bits per heavy atom. The number of nitrogens with two attached hydrogens (primary N) is 2. The maximum Gasteiger partial charge on any atom is 0.185 e. The third-order valence-corrected chi connectivity index (χ3v) is 6.62. The van der Waals surface area contributed by atoms with Crippen molar-refractivity contribution in [2.24, 2.45) is 0 Å². The zero-order valence-electron chi connectivity index (χ0n) is 19.5. The van der Waals surface area contributed by atoms with Crippen LogP contribution in [0.5, 0.6) is 0 Å². The van der Waals surface area contributed by atoms with Crippen LogP contribution >= 0.6 is 0 Å². The van der Waals surface area contributed by atoms with E-state index in [0.29, 0.717) is 0 Å². The summed E-state index contributed by atoms with van der Waals surface area (Å²) in [4.78, 5) is 13.9. The smallest absolute Gasteiger partial charge is 0.185 e. The van der Waals surface area contributed by atoms with Gasteiger partial charge < -0.3 is 11.5 Å². The van der Waals surface area contributed by atoms with Crippen molar-refractivity contribution in [3.8, 4) is 0 Å². The fourth-order valence-corrected chi connectivity index (χ4v) is 5.12. The maximum atomic E-state index is 13.9. The summed E-state index contributed by atoms with van der Waals surface area (Å²) in [7, 11) is 0. The summed E-state index contributed by atoms with van der Waals surface area (Å²) in [5, 5.41) is 0. The molecule has 0 heterocycles. The molecule has 0 radical (unpaired) electrons. The highest BCUT2D eigenvalue weighted by atomic mass is 16.1. The fraction of sp³-hybridized carbons (Fsp3) is 0.393. The van der Waals surface area contributed by atoms with Gasteiger partial charge in [0.1, 0.15) is 0 Å². The number of hydrogen-bond donors (Lipinski definition) is 2. The van der Waals surface area contributed by atoms with Crippen LogP contribution in [0.25, 0.3) is 11.1 Å². The van der Waals surface area contributed by atoms with E-state index in [1.54, 1.807) is 0 Å². The molecule has 0 aromatic heterocycles. The van der Waals surface area contributed by atoms with Gasteiger partial charge in [-0.25, -0.2) is 0 Å². The van der Waals surface area contributed by atoms with Crippen LogP contribution in [-0.2, 0) is 17.6 Å². The lowest BCUT2D eigenvalue weighted by molar-refractivity contribution is -0.112. The Bertz CT molecular complexity index is 961. The largest absolute Gasteiger partial charge is 0.398 e. The standard InChI is InChI=1S/C28H36N2O/c1-5-18(22-12-10-16-26(29)20(22)7-3)24-14-9-15-25(28(24)31)19(6-2)23-13-11-17-27(30)21(23)8-4/h10-13,16-17H,5-9,14-15,29-30H2,1-4H3. The summed E-state index contributed by atoms with van der Waals surface area (Å²) < 4.78 is 0. The van der Waals surface area contributed by atoms with Crippen molar-refractivity contribution in [3.63, 3.8) is 0 Å². The zero-order chi connectivity index (χ0) is 22.5. The molecule has 1 saturated carbocycles. The van der Waals surface area contributed by atoms with E-state index in [9.17, 15) is 4.79 Å². The summed E-state index contributed by atoms with van der Waals surface area (Å²) in [5.74, 6) is 0.217. The molecule has 164 valence electrons. The second-order valence-corrected chi connectivity index (χ2v) is 8.26. The lowest BCUT2D eigenvalue weighted by atomic mass is 9.78. The molecule has 0 aliphatic heterocycles. The van der Waals surface area contributed by atoms with Gasteiger partial charge in [-0.3, -0.25) is 4.79 Å². The number of rotatable bonds is 6. The molecular weight excluding hydrogens is 380 g/mol. The van der Waals surface area contributed by atoms with Gasteiger partial charge in [0.15, 0.2) is 5.78 Å². The van der Waals surface area contributed by atoms with E-state index in [-0.39, 0.29) is 5.78 Å². The molecule has 2 aromatic rings. The summed E-state index contributed by atoms with van der Waals surface area (Å²) >= 11 is 0. The molecule has 0 amide bonds. The number of hydrogen-bond acceptors (Lipinski definition) is 3. The lowest BCUT2D eigenvalue weighted by Gasteiger charge is -2.25. The summed E-state index contributed by atoms with van der Waals surface area (Å²) in [5.41, 5.74) is 23.0. The number of anilines is 2. The molecule has 1 aliphatic carbocycles. The van der Waals surface area contributed by atoms with Crippen LogP contribution in [-0.4, -0.2) is 5.78 Å². The molecule has 0 spiro atoms. The topological polar surface area (TPSA) is 69.1 Å². The normalized spacial score (nSPS) is 17.6. The molecule has 0 unspecified atom stereocenters. The summed E-state index contributed by atoms with van der Waals surface area (Å²) in [6.07, 6.45) is 6.03. The average molecular weight is 417 g/mol. The van der Waals surface area contributed by atoms with Crippen molar-refractivity contribution < 1.29 is 4.79 Å². The third kappa shape index (κ3) is 4.32. The molecule has 1 fully saturated rings.